The lowest BCUT2D eigenvalue weighted by Gasteiger charge is -2.21. The van der Waals surface area contributed by atoms with Crippen molar-refractivity contribution in [2.45, 2.75) is 37.9 Å². The Hall–Kier alpha value is -1.26. The van der Waals surface area contributed by atoms with Crippen LogP contribution in [0.25, 0.3) is 10.4 Å². The van der Waals surface area contributed by atoms with Crippen molar-refractivity contribution < 1.29 is 14.6 Å². The Morgan fingerprint density at radius 1 is 1.73 bits per heavy atom. The molecule has 2 aliphatic rings. The van der Waals surface area contributed by atoms with Crippen LogP contribution in [-0.4, -0.2) is 29.8 Å². The quantitative estimate of drug-likeness (QED) is 0.321. The van der Waals surface area contributed by atoms with Crippen molar-refractivity contribution >= 4 is 5.97 Å². The number of azide groups is 1. The van der Waals surface area contributed by atoms with Crippen LogP contribution in [0.5, 0.6) is 0 Å². The molecule has 0 aromatic carbocycles. The van der Waals surface area contributed by atoms with E-state index in [1.807, 2.05) is 0 Å². The smallest absolute Gasteiger partial charge is 0.315 e. The summed E-state index contributed by atoms with van der Waals surface area (Å²) in [5, 5.41) is 13.2. The molecule has 2 fully saturated rings. The average molecular weight is 211 g/mol. The number of nitrogens with zero attached hydrogens (tertiary/aromatic N) is 3. The molecule has 0 bridgehead atoms. The van der Waals surface area contributed by atoms with Crippen LogP contribution in [-0.2, 0) is 9.53 Å². The average Bonchev–Trinajstić information content (AvgIpc) is 2.72. The number of aliphatic hydroxyl groups is 1. The van der Waals surface area contributed by atoms with Crippen LogP contribution < -0.4 is 0 Å². The van der Waals surface area contributed by atoms with Crippen LogP contribution in [0.4, 0.5) is 0 Å². The Morgan fingerprint density at radius 2 is 2.53 bits per heavy atom. The molecule has 3 unspecified atom stereocenters. The van der Waals surface area contributed by atoms with Gasteiger partial charge in [-0.1, -0.05) is 5.11 Å². The minimum absolute atomic E-state index is 0.163. The van der Waals surface area contributed by atoms with Crippen LogP contribution in [0.1, 0.15) is 25.7 Å². The van der Waals surface area contributed by atoms with E-state index in [1.165, 1.54) is 0 Å². The Kier molecular flexibility index (Phi) is 2.54. The molecule has 6 nitrogen and oxygen atoms in total. The summed E-state index contributed by atoms with van der Waals surface area (Å²) in [6.45, 7) is 0.163. The van der Waals surface area contributed by atoms with Crippen LogP contribution in [0.3, 0.4) is 0 Å². The van der Waals surface area contributed by atoms with Gasteiger partial charge in [-0.05, 0) is 24.8 Å². The van der Waals surface area contributed by atoms with Crippen LogP contribution in [0.2, 0.25) is 0 Å². The SMILES string of the molecule is [N-]=[N+]=NCC1CC2(CCCC2O)C(=O)O1. The first-order valence-corrected chi connectivity index (χ1v) is 5.09. The largest absolute Gasteiger partial charge is 0.462 e. The van der Waals surface area contributed by atoms with Gasteiger partial charge in [0.15, 0.2) is 0 Å². The fraction of sp³-hybridized carbons (Fsp3) is 0.889. The predicted octanol–water partition coefficient (Wildman–Crippen LogP) is 1.14. The summed E-state index contributed by atoms with van der Waals surface area (Å²) in [6.07, 6.45) is 1.71. The van der Waals surface area contributed by atoms with Gasteiger partial charge < -0.3 is 9.84 Å². The molecule has 0 aromatic rings. The first-order valence-electron chi connectivity index (χ1n) is 5.09. The Morgan fingerprint density at radius 3 is 3.13 bits per heavy atom. The van der Waals surface area contributed by atoms with E-state index in [-0.39, 0.29) is 18.6 Å². The molecule has 1 saturated carbocycles. The topological polar surface area (TPSA) is 95.3 Å². The van der Waals surface area contributed by atoms with Gasteiger partial charge in [0.05, 0.1) is 18.1 Å². The van der Waals surface area contributed by atoms with Gasteiger partial charge in [-0.15, -0.1) is 0 Å². The number of cyclic esters (lactones) is 1. The molecule has 3 atom stereocenters. The van der Waals surface area contributed by atoms with Crippen molar-refractivity contribution in [3.8, 4) is 0 Å². The van der Waals surface area contributed by atoms with Crippen molar-refractivity contribution in [1.82, 2.24) is 0 Å². The standard InChI is InChI=1S/C9H13N3O3/c10-12-11-5-6-4-9(8(14)15-6)3-1-2-7(9)13/h6-7,13H,1-5H2. The summed E-state index contributed by atoms with van der Waals surface area (Å²) >= 11 is 0. The lowest BCUT2D eigenvalue weighted by atomic mass is 9.81. The molecule has 1 saturated heterocycles. The van der Waals surface area contributed by atoms with E-state index in [4.69, 9.17) is 10.3 Å². The fourth-order valence-corrected chi connectivity index (χ4v) is 2.56. The van der Waals surface area contributed by atoms with Crippen LogP contribution >= 0.6 is 0 Å². The summed E-state index contributed by atoms with van der Waals surface area (Å²) in [5.74, 6) is -0.328. The minimum Gasteiger partial charge on any atom is -0.462 e. The van der Waals surface area contributed by atoms with Crippen molar-refractivity contribution in [3.63, 3.8) is 0 Å². The fourth-order valence-electron chi connectivity index (χ4n) is 2.56. The van der Waals surface area contributed by atoms with Gasteiger partial charge in [0.25, 0.3) is 0 Å². The number of carbonyl (C=O) groups excluding carboxylic acids is 1. The molecule has 0 aromatic heterocycles. The van der Waals surface area contributed by atoms with Crippen molar-refractivity contribution in [3.05, 3.63) is 10.4 Å². The first-order chi connectivity index (χ1) is 7.19. The van der Waals surface area contributed by atoms with Gasteiger partial charge in [-0.3, -0.25) is 4.79 Å². The highest BCUT2D eigenvalue weighted by Crippen LogP contribution is 2.47. The predicted molar refractivity (Wildman–Crippen MR) is 50.8 cm³/mol. The van der Waals surface area contributed by atoms with Gasteiger partial charge in [0.2, 0.25) is 0 Å². The molecular weight excluding hydrogens is 198 g/mol. The lowest BCUT2D eigenvalue weighted by Crippen LogP contribution is -2.34. The third-order valence-electron chi connectivity index (χ3n) is 3.36. The number of rotatable bonds is 2. The number of hydrogen-bond donors (Lipinski definition) is 1. The number of aliphatic hydroxyl groups excluding tert-OH is 1. The second-order valence-electron chi connectivity index (χ2n) is 4.21. The number of esters is 1. The number of ether oxygens (including phenoxy) is 1. The van der Waals surface area contributed by atoms with Gasteiger partial charge >= 0.3 is 5.97 Å². The number of hydrogen-bond acceptors (Lipinski definition) is 4. The molecule has 82 valence electrons. The number of carbonyl (C=O) groups is 1. The highest BCUT2D eigenvalue weighted by Gasteiger charge is 2.55. The molecule has 1 N–H and O–H groups in total. The monoisotopic (exact) mass is 211 g/mol. The molecule has 0 radical (unpaired) electrons. The van der Waals surface area contributed by atoms with E-state index in [2.05, 4.69) is 10.0 Å². The van der Waals surface area contributed by atoms with E-state index in [0.29, 0.717) is 19.3 Å². The van der Waals surface area contributed by atoms with Gasteiger partial charge in [0.1, 0.15) is 6.10 Å². The summed E-state index contributed by atoms with van der Waals surface area (Å²) in [5.41, 5.74) is 7.46. The maximum absolute atomic E-state index is 11.7. The molecule has 2 rings (SSSR count). The maximum atomic E-state index is 11.7. The van der Waals surface area contributed by atoms with Crippen LogP contribution in [0, 0.1) is 5.41 Å². The molecule has 1 heterocycles. The van der Waals surface area contributed by atoms with E-state index >= 15 is 0 Å². The van der Waals surface area contributed by atoms with Gasteiger partial charge in [-0.25, -0.2) is 0 Å². The van der Waals surface area contributed by atoms with E-state index < -0.39 is 11.5 Å². The van der Waals surface area contributed by atoms with E-state index in [0.717, 1.165) is 6.42 Å². The minimum atomic E-state index is -0.713. The normalized spacial score (nSPS) is 39.1. The second kappa shape index (κ2) is 3.72. The molecular formula is C9H13N3O3. The van der Waals surface area contributed by atoms with Crippen molar-refractivity contribution in [1.29, 1.82) is 0 Å². The first kappa shape index (κ1) is 10.3. The van der Waals surface area contributed by atoms with Gasteiger partial charge in [0, 0.05) is 11.3 Å². The molecule has 1 aliphatic carbocycles. The zero-order valence-corrected chi connectivity index (χ0v) is 8.30. The molecule has 15 heavy (non-hydrogen) atoms. The highest BCUT2D eigenvalue weighted by molar-refractivity contribution is 5.80. The zero-order valence-electron chi connectivity index (χ0n) is 8.30. The molecule has 0 amide bonds. The Labute approximate surface area is 86.9 Å². The lowest BCUT2D eigenvalue weighted by molar-refractivity contribution is -0.152. The molecule has 1 spiro atoms. The summed E-state index contributed by atoms with van der Waals surface area (Å²) in [6, 6.07) is 0. The van der Waals surface area contributed by atoms with E-state index in [9.17, 15) is 9.90 Å². The van der Waals surface area contributed by atoms with Crippen molar-refractivity contribution in [2.75, 3.05) is 6.54 Å². The Bertz CT molecular complexity index is 327. The Balaban J connectivity index is 2.09. The second-order valence-corrected chi connectivity index (χ2v) is 4.21. The summed E-state index contributed by atoms with van der Waals surface area (Å²) in [4.78, 5) is 14.3. The summed E-state index contributed by atoms with van der Waals surface area (Å²) in [7, 11) is 0. The van der Waals surface area contributed by atoms with Crippen molar-refractivity contribution in [2.24, 2.45) is 10.5 Å². The maximum Gasteiger partial charge on any atom is 0.315 e. The highest BCUT2D eigenvalue weighted by atomic mass is 16.6. The third-order valence-corrected chi connectivity index (χ3v) is 3.36. The molecule has 6 heteroatoms. The third kappa shape index (κ3) is 1.56. The molecule has 1 aliphatic heterocycles. The van der Waals surface area contributed by atoms with Crippen LogP contribution in [0.15, 0.2) is 5.11 Å². The summed E-state index contributed by atoms with van der Waals surface area (Å²) < 4.78 is 5.11. The van der Waals surface area contributed by atoms with E-state index in [1.54, 1.807) is 0 Å². The zero-order chi connectivity index (χ0) is 10.9. The van der Waals surface area contributed by atoms with Gasteiger partial charge in [-0.2, -0.15) is 0 Å².